The van der Waals surface area contributed by atoms with Gasteiger partial charge in [-0.15, -0.1) is 6.58 Å². The molecule has 0 saturated carbocycles. The Kier molecular flexibility index (Phi) is 7.05. The maximum atomic E-state index is 6.78. The molecule has 1 aliphatic rings. The molecule has 0 radical (unpaired) electrons. The minimum atomic E-state index is -2.04. The van der Waals surface area contributed by atoms with Crippen molar-refractivity contribution in [1.82, 2.24) is 0 Å². The molecule has 0 saturated heterocycles. The van der Waals surface area contributed by atoms with E-state index in [0.29, 0.717) is 0 Å². The molecule has 0 bridgehead atoms. The topological polar surface area (TPSA) is 18.5 Å². The molecule has 1 aliphatic carbocycles. The van der Waals surface area contributed by atoms with E-state index in [1.165, 1.54) is 0 Å². The van der Waals surface area contributed by atoms with Crippen molar-refractivity contribution in [2.75, 3.05) is 0 Å². The summed E-state index contributed by atoms with van der Waals surface area (Å²) in [6, 6.07) is 0. The van der Waals surface area contributed by atoms with Crippen LogP contribution in [0.5, 0.6) is 0 Å². The molecule has 1 atom stereocenters. The second-order valence-corrected chi connectivity index (χ2v) is 23.2. The average Bonchev–Trinajstić information content (AvgIpc) is 2.40. The van der Waals surface area contributed by atoms with Crippen molar-refractivity contribution >= 4 is 48.5 Å². The van der Waals surface area contributed by atoms with Crippen LogP contribution in [-0.2, 0) is 8.85 Å². The van der Waals surface area contributed by atoms with Crippen LogP contribution >= 0.6 is 31.9 Å². The zero-order chi connectivity index (χ0) is 20.8. The van der Waals surface area contributed by atoms with Gasteiger partial charge in [0.2, 0.25) is 8.32 Å². The van der Waals surface area contributed by atoms with Crippen LogP contribution in [-0.4, -0.2) is 19.9 Å². The predicted octanol–water partition coefficient (Wildman–Crippen LogP) is 8.10. The van der Waals surface area contributed by atoms with Crippen molar-refractivity contribution in [3.63, 3.8) is 0 Å². The number of alkyl halides is 2. The quantitative estimate of drug-likeness (QED) is 0.206. The van der Waals surface area contributed by atoms with E-state index in [1.807, 2.05) is 6.08 Å². The van der Waals surface area contributed by atoms with Gasteiger partial charge in [-0.1, -0.05) is 85.6 Å². The van der Waals surface area contributed by atoms with E-state index in [-0.39, 0.29) is 16.0 Å². The first-order valence-electron chi connectivity index (χ1n) is 9.18. The van der Waals surface area contributed by atoms with Gasteiger partial charge in [-0.2, -0.15) is 0 Å². The summed E-state index contributed by atoms with van der Waals surface area (Å²) >= 11 is 7.74. The van der Waals surface area contributed by atoms with Crippen LogP contribution in [0.25, 0.3) is 0 Å². The van der Waals surface area contributed by atoms with Crippen LogP contribution in [0.4, 0.5) is 0 Å². The third-order valence-corrected chi connectivity index (χ3v) is 16.4. The highest BCUT2D eigenvalue weighted by atomic mass is 79.9. The maximum absolute atomic E-state index is 6.78. The number of halogens is 2. The van der Waals surface area contributed by atoms with Crippen molar-refractivity contribution in [2.45, 2.75) is 81.0 Å². The van der Waals surface area contributed by atoms with Crippen LogP contribution in [0, 0.1) is 5.92 Å². The lowest BCUT2D eigenvalue weighted by Gasteiger charge is -2.44. The Morgan fingerprint density at radius 1 is 0.962 bits per heavy atom. The minimum Gasteiger partial charge on any atom is -0.542 e. The minimum absolute atomic E-state index is 0.0778. The molecule has 0 amide bonds. The molecule has 0 aromatic heterocycles. The molecule has 150 valence electrons. The van der Waals surface area contributed by atoms with E-state index < -0.39 is 19.9 Å². The summed E-state index contributed by atoms with van der Waals surface area (Å²) in [6.45, 7) is 26.6. The van der Waals surface area contributed by atoms with Crippen molar-refractivity contribution in [3.8, 4) is 0 Å². The summed E-state index contributed by atoms with van der Waals surface area (Å²) in [7, 11) is -4.03. The van der Waals surface area contributed by atoms with Gasteiger partial charge in [0.05, 0.1) is 0 Å². The normalized spacial score (nSPS) is 21.6. The SMILES string of the molecule is C=CC1C=CC(O[Si](C)(C)C(C)(C)C)=C(O[Si](C)(C)C(C)(C)C)C1(Br)Br. The Hall–Kier alpha value is 0.214. The Labute approximate surface area is 180 Å². The van der Waals surface area contributed by atoms with Gasteiger partial charge < -0.3 is 8.85 Å². The molecule has 0 spiro atoms. The zero-order valence-corrected chi connectivity index (χ0v) is 23.3. The number of rotatable bonds is 5. The Balaban J connectivity index is 3.49. The molecule has 0 N–H and O–H groups in total. The van der Waals surface area contributed by atoms with Crippen LogP contribution in [0.1, 0.15) is 41.5 Å². The van der Waals surface area contributed by atoms with Gasteiger partial charge in [0, 0.05) is 5.92 Å². The third kappa shape index (κ3) is 4.97. The van der Waals surface area contributed by atoms with Gasteiger partial charge in [-0.25, -0.2) is 0 Å². The smallest absolute Gasteiger partial charge is 0.250 e. The summed E-state index contributed by atoms with van der Waals surface area (Å²) in [5.74, 6) is 1.77. The van der Waals surface area contributed by atoms with E-state index in [1.54, 1.807) is 0 Å². The highest BCUT2D eigenvalue weighted by Gasteiger charge is 2.49. The molecule has 1 unspecified atom stereocenters. The van der Waals surface area contributed by atoms with Gasteiger partial charge in [-0.05, 0) is 42.3 Å². The van der Waals surface area contributed by atoms with Gasteiger partial charge >= 0.3 is 0 Å². The number of hydrogen-bond donors (Lipinski definition) is 0. The number of hydrogen-bond acceptors (Lipinski definition) is 2. The fourth-order valence-electron chi connectivity index (χ4n) is 1.96. The average molecular weight is 524 g/mol. The second-order valence-electron chi connectivity index (χ2n) is 10.2. The van der Waals surface area contributed by atoms with E-state index in [0.717, 1.165) is 11.5 Å². The van der Waals surface area contributed by atoms with E-state index in [2.05, 4.69) is 118 Å². The first-order valence-corrected chi connectivity index (χ1v) is 16.6. The molecule has 0 aliphatic heterocycles. The van der Waals surface area contributed by atoms with Gasteiger partial charge in [0.15, 0.2) is 0 Å². The molecular formula is C20H36Br2O2Si2. The predicted molar refractivity (Wildman–Crippen MR) is 127 cm³/mol. The first-order chi connectivity index (χ1) is 11.4. The zero-order valence-electron chi connectivity index (χ0n) is 18.1. The second kappa shape index (κ2) is 7.56. The molecule has 6 heteroatoms. The molecule has 0 aromatic rings. The lowest BCUT2D eigenvalue weighted by Crippen LogP contribution is -2.46. The Bertz CT molecular complexity index is 606. The Morgan fingerprint density at radius 2 is 1.38 bits per heavy atom. The van der Waals surface area contributed by atoms with Crippen molar-refractivity contribution in [2.24, 2.45) is 5.92 Å². The summed E-state index contributed by atoms with van der Waals surface area (Å²) in [5.41, 5.74) is 0. The molecule has 26 heavy (non-hydrogen) atoms. The van der Waals surface area contributed by atoms with Gasteiger partial charge in [0.1, 0.15) is 14.8 Å². The van der Waals surface area contributed by atoms with E-state index in [9.17, 15) is 0 Å². The van der Waals surface area contributed by atoms with Crippen molar-refractivity contribution in [1.29, 1.82) is 0 Å². The van der Waals surface area contributed by atoms with Crippen molar-refractivity contribution < 1.29 is 8.85 Å². The van der Waals surface area contributed by atoms with E-state index in [4.69, 9.17) is 8.85 Å². The Morgan fingerprint density at radius 3 is 1.77 bits per heavy atom. The molecular weight excluding hydrogens is 488 g/mol. The largest absolute Gasteiger partial charge is 0.542 e. The summed E-state index contributed by atoms with van der Waals surface area (Å²) in [6.07, 6.45) is 6.12. The van der Waals surface area contributed by atoms with Crippen LogP contribution in [0.2, 0.25) is 36.3 Å². The summed E-state index contributed by atoms with van der Waals surface area (Å²) in [5, 5.41) is 0.218. The first kappa shape index (κ1) is 24.3. The lowest BCUT2D eigenvalue weighted by molar-refractivity contribution is 0.301. The molecule has 0 heterocycles. The highest BCUT2D eigenvalue weighted by molar-refractivity contribution is 9.25. The monoisotopic (exact) mass is 522 g/mol. The summed E-state index contributed by atoms with van der Waals surface area (Å²) < 4.78 is 12.9. The van der Waals surface area contributed by atoms with Crippen LogP contribution in [0.15, 0.2) is 36.3 Å². The fourth-order valence-corrected chi connectivity index (χ4v) is 5.59. The molecule has 2 nitrogen and oxygen atoms in total. The van der Waals surface area contributed by atoms with E-state index >= 15 is 0 Å². The fraction of sp³-hybridized carbons (Fsp3) is 0.700. The molecule has 0 aromatic carbocycles. The molecule has 0 fully saturated rings. The number of allylic oxidation sites excluding steroid dienone is 4. The summed E-state index contributed by atoms with van der Waals surface area (Å²) in [4.78, 5) is 0. The molecule has 1 rings (SSSR count). The van der Waals surface area contributed by atoms with Crippen LogP contribution in [0.3, 0.4) is 0 Å². The van der Waals surface area contributed by atoms with Crippen LogP contribution < -0.4 is 0 Å². The lowest BCUT2D eigenvalue weighted by atomic mass is 9.98. The standard InChI is InChI=1S/C20H36Br2O2Si2/c1-12-15-13-14-16(23-25(8,9)18(2,3)4)17(20(15,21)22)24-26(10,11)19(5,6)7/h12-15H,1H2,2-11H3. The maximum Gasteiger partial charge on any atom is 0.250 e. The van der Waals surface area contributed by atoms with Crippen molar-refractivity contribution in [3.05, 3.63) is 36.3 Å². The highest BCUT2D eigenvalue weighted by Crippen LogP contribution is 2.52. The third-order valence-electron chi connectivity index (χ3n) is 5.99. The van der Waals surface area contributed by atoms with Gasteiger partial charge in [-0.3, -0.25) is 0 Å². The van der Waals surface area contributed by atoms with Gasteiger partial charge in [0.25, 0.3) is 8.32 Å².